The summed E-state index contributed by atoms with van der Waals surface area (Å²) in [4.78, 5) is 24.4. The third-order valence-electron chi connectivity index (χ3n) is 5.23. The van der Waals surface area contributed by atoms with E-state index in [1.165, 1.54) is 12.2 Å². The van der Waals surface area contributed by atoms with E-state index in [9.17, 15) is 9.59 Å². The molecular formula is C22H38N2O4. The average Bonchev–Trinajstić information content (AvgIpc) is 2.37. The molecule has 6 nitrogen and oxygen atoms in total. The van der Waals surface area contributed by atoms with E-state index in [1.807, 2.05) is 0 Å². The van der Waals surface area contributed by atoms with Crippen molar-refractivity contribution in [1.82, 2.24) is 10.6 Å². The number of esters is 2. The molecule has 0 aromatic carbocycles. The average molecular weight is 395 g/mol. The van der Waals surface area contributed by atoms with Crippen LogP contribution in [0.5, 0.6) is 0 Å². The third-order valence-corrected chi connectivity index (χ3v) is 5.23. The van der Waals surface area contributed by atoms with Crippen molar-refractivity contribution >= 4 is 11.9 Å². The van der Waals surface area contributed by atoms with Crippen LogP contribution in [-0.2, 0) is 19.1 Å². The minimum absolute atomic E-state index is 0.107. The lowest BCUT2D eigenvalue weighted by Crippen LogP contribution is -2.59. The second kappa shape index (κ2) is 7.79. The normalized spacial score (nSPS) is 26.7. The van der Waals surface area contributed by atoms with E-state index in [-0.39, 0.29) is 34.4 Å². The van der Waals surface area contributed by atoms with Gasteiger partial charge in [0.15, 0.2) is 0 Å². The van der Waals surface area contributed by atoms with Crippen molar-refractivity contribution in [2.45, 2.75) is 115 Å². The molecule has 2 fully saturated rings. The number of carbonyl (C=O) groups is 2. The first-order chi connectivity index (χ1) is 12.6. The zero-order valence-electron chi connectivity index (χ0n) is 18.8. The Labute approximate surface area is 169 Å². The van der Waals surface area contributed by atoms with Crippen LogP contribution in [0.4, 0.5) is 0 Å². The van der Waals surface area contributed by atoms with Crippen LogP contribution >= 0.6 is 0 Å². The van der Waals surface area contributed by atoms with Gasteiger partial charge in [0.25, 0.3) is 0 Å². The summed E-state index contributed by atoms with van der Waals surface area (Å²) in [6, 6.07) is 0. The van der Waals surface area contributed by atoms with E-state index in [4.69, 9.17) is 9.47 Å². The number of carbonyl (C=O) groups excluding carboxylic acids is 2. The monoisotopic (exact) mass is 394 g/mol. The molecule has 0 amide bonds. The fourth-order valence-electron chi connectivity index (χ4n) is 5.17. The Kier molecular flexibility index (Phi) is 6.37. The van der Waals surface area contributed by atoms with Gasteiger partial charge in [-0.2, -0.15) is 0 Å². The van der Waals surface area contributed by atoms with Gasteiger partial charge in [0.1, 0.15) is 12.2 Å². The van der Waals surface area contributed by atoms with E-state index >= 15 is 0 Å². The van der Waals surface area contributed by atoms with E-state index in [0.29, 0.717) is 0 Å². The van der Waals surface area contributed by atoms with E-state index in [1.54, 1.807) is 0 Å². The molecule has 0 bridgehead atoms. The molecule has 2 aliphatic rings. The first-order valence-corrected chi connectivity index (χ1v) is 10.2. The molecule has 2 aliphatic heterocycles. The summed E-state index contributed by atoms with van der Waals surface area (Å²) in [7, 11) is 0. The molecule has 2 N–H and O–H groups in total. The van der Waals surface area contributed by atoms with Gasteiger partial charge < -0.3 is 20.1 Å². The molecular weight excluding hydrogens is 356 g/mol. The van der Waals surface area contributed by atoms with Crippen molar-refractivity contribution in [1.29, 1.82) is 0 Å². The molecule has 160 valence electrons. The Morgan fingerprint density at radius 1 is 0.643 bits per heavy atom. The molecule has 2 saturated heterocycles. The lowest BCUT2D eigenvalue weighted by Gasteiger charge is -2.46. The summed E-state index contributed by atoms with van der Waals surface area (Å²) >= 11 is 0. The second-order valence-corrected chi connectivity index (χ2v) is 11.1. The number of hydrogen-bond donors (Lipinski definition) is 2. The molecule has 0 radical (unpaired) electrons. The summed E-state index contributed by atoms with van der Waals surface area (Å²) < 4.78 is 11.2. The number of rotatable bonds is 4. The zero-order chi connectivity index (χ0) is 21.4. The van der Waals surface area contributed by atoms with E-state index < -0.39 is 11.9 Å². The summed E-state index contributed by atoms with van der Waals surface area (Å²) in [5.41, 5.74) is -0.429. The molecule has 2 heterocycles. The van der Waals surface area contributed by atoms with Crippen molar-refractivity contribution in [3.63, 3.8) is 0 Å². The van der Waals surface area contributed by atoms with Gasteiger partial charge in [-0.05, 0) is 55.4 Å². The summed E-state index contributed by atoms with van der Waals surface area (Å²) in [6.07, 6.45) is 4.96. The van der Waals surface area contributed by atoms with Crippen molar-refractivity contribution in [2.75, 3.05) is 0 Å². The van der Waals surface area contributed by atoms with Crippen molar-refractivity contribution < 1.29 is 19.1 Å². The molecule has 0 saturated carbocycles. The highest BCUT2D eigenvalue weighted by atomic mass is 16.5. The standard InChI is InChI=1S/C22H38N2O4/c1-19(2)11-15(12-20(3,4)23-19)27-17(25)9-10-18(26)28-16-13-21(5,6)24-22(7,8)14-16/h9-10,15-16,23-24H,11-14H2,1-8H3/b10-9-. The van der Waals surface area contributed by atoms with Crippen LogP contribution in [0.15, 0.2) is 12.2 Å². The lowest BCUT2D eigenvalue weighted by atomic mass is 9.81. The summed E-state index contributed by atoms with van der Waals surface area (Å²) in [5, 5.41) is 7.11. The Hall–Kier alpha value is -1.40. The van der Waals surface area contributed by atoms with Crippen LogP contribution in [0, 0.1) is 0 Å². The smallest absolute Gasteiger partial charge is 0.331 e. The first-order valence-electron chi connectivity index (χ1n) is 10.2. The summed E-state index contributed by atoms with van der Waals surface area (Å²) in [6.45, 7) is 16.8. The fourth-order valence-corrected chi connectivity index (χ4v) is 5.17. The van der Waals surface area contributed by atoms with Gasteiger partial charge in [-0.25, -0.2) is 9.59 Å². The Balaban J connectivity index is 1.87. The van der Waals surface area contributed by atoms with Crippen LogP contribution in [0.25, 0.3) is 0 Å². The van der Waals surface area contributed by atoms with Gasteiger partial charge in [0, 0.05) is 60.0 Å². The molecule has 0 aromatic heterocycles. The highest BCUT2D eigenvalue weighted by molar-refractivity contribution is 5.91. The second-order valence-electron chi connectivity index (χ2n) is 11.1. The van der Waals surface area contributed by atoms with Crippen molar-refractivity contribution in [3.05, 3.63) is 12.2 Å². The maximum absolute atomic E-state index is 12.2. The van der Waals surface area contributed by atoms with Crippen LogP contribution < -0.4 is 10.6 Å². The molecule has 0 unspecified atom stereocenters. The number of piperidine rings is 2. The molecule has 28 heavy (non-hydrogen) atoms. The quantitative estimate of drug-likeness (QED) is 0.563. The number of ether oxygens (including phenoxy) is 2. The van der Waals surface area contributed by atoms with Crippen molar-refractivity contribution in [2.24, 2.45) is 0 Å². The van der Waals surface area contributed by atoms with Gasteiger partial charge in [-0.15, -0.1) is 0 Å². The van der Waals surface area contributed by atoms with Gasteiger partial charge >= 0.3 is 11.9 Å². The topological polar surface area (TPSA) is 76.7 Å². The molecule has 0 spiro atoms. The first kappa shape index (κ1) is 22.9. The lowest BCUT2D eigenvalue weighted by molar-refractivity contribution is -0.150. The predicted octanol–water partition coefficient (Wildman–Crippen LogP) is 3.25. The zero-order valence-corrected chi connectivity index (χ0v) is 18.8. The van der Waals surface area contributed by atoms with Crippen LogP contribution in [0.1, 0.15) is 81.1 Å². The van der Waals surface area contributed by atoms with Gasteiger partial charge in [0.05, 0.1) is 0 Å². The Morgan fingerprint density at radius 3 is 1.14 bits per heavy atom. The highest BCUT2D eigenvalue weighted by Crippen LogP contribution is 2.31. The SMILES string of the molecule is CC1(C)CC(OC(=O)/C=C\C(=O)OC2CC(C)(C)NC(C)(C)C2)CC(C)(C)N1. The maximum Gasteiger partial charge on any atom is 0.331 e. The minimum atomic E-state index is -0.499. The Bertz CT molecular complexity index is 548. The van der Waals surface area contributed by atoms with E-state index in [2.05, 4.69) is 66.0 Å². The van der Waals surface area contributed by atoms with E-state index in [0.717, 1.165) is 25.7 Å². The Morgan fingerprint density at radius 2 is 0.893 bits per heavy atom. The molecule has 0 aliphatic carbocycles. The predicted molar refractivity (Wildman–Crippen MR) is 110 cm³/mol. The van der Waals surface area contributed by atoms with Gasteiger partial charge in [0.2, 0.25) is 0 Å². The highest BCUT2D eigenvalue weighted by Gasteiger charge is 2.40. The largest absolute Gasteiger partial charge is 0.459 e. The molecule has 6 heteroatoms. The molecule has 2 rings (SSSR count). The third kappa shape index (κ3) is 7.21. The number of nitrogens with one attached hydrogen (secondary N) is 2. The van der Waals surface area contributed by atoms with Crippen LogP contribution in [-0.4, -0.2) is 46.3 Å². The van der Waals surface area contributed by atoms with Crippen LogP contribution in [0.2, 0.25) is 0 Å². The van der Waals surface area contributed by atoms with Gasteiger partial charge in [-0.3, -0.25) is 0 Å². The summed E-state index contributed by atoms with van der Waals surface area (Å²) in [5.74, 6) is -0.997. The molecule has 0 atom stereocenters. The molecule has 0 aromatic rings. The van der Waals surface area contributed by atoms with Crippen LogP contribution in [0.3, 0.4) is 0 Å². The minimum Gasteiger partial charge on any atom is -0.459 e. The van der Waals surface area contributed by atoms with Crippen molar-refractivity contribution in [3.8, 4) is 0 Å². The fraction of sp³-hybridized carbons (Fsp3) is 0.818. The maximum atomic E-state index is 12.2. The number of hydrogen-bond acceptors (Lipinski definition) is 6. The van der Waals surface area contributed by atoms with Gasteiger partial charge in [-0.1, -0.05) is 0 Å².